The monoisotopic (exact) mass is 299 g/mol. The van der Waals surface area contributed by atoms with E-state index in [0.29, 0.717) is 11.5 Å². The van der Waals surface area contributed by atoms with Crippen molar-refractivity contribution >= 4 is 30.4 Å². The number of ketones is 1. The van der Waals surface area contributed by atoms with Gasteiger partial charge in [-0.05, 0) is 19.1 Å². The molecule has 0 aliphatic carbocycles. The van der Waals surface area contributed by atoms with Gasteiger partial charge in [-0.25, -0.2) is 4.31 Å². The van der Waals surface area contributed by atoms with Gasteiger partial charge in [-0.2, -0.15) is 0 Å². The average molecular weight is 299 g/mol. The summed E-state index contributed by atoms with van der Waals surface area (Å²) >= 11 is 5.96. The number of methoxy groups -OCH3 is 1. The highest BCUT2D eigenvalue weighted by Gasteiger charge is 2.46. The molecule has 4 nitrogen and oxygen atoms in total. The molecule has 0 amide bonds. The number of thiol groups is 1. The molecule has 0 spiro atoms. The lowest BCUT2D eigenvalue weighted by molar-refractivity contribution is -0.122. The van der Waals surface area contributed by atoms with E-state index in [4.69, 9.17) is 9.47 Å². The smallest absolute Gasteiger partial charge is 0.169 e. The number of nitrogens with zero attached hydrogens (tertiary/aromatic N) is 1. The zero-order valence-electron chi connectivity index (χ0n) is 11.0. The Morgan fingerprint density at radius 2 is 2.16 bits per heavy atom. The molecule has 0 bridgehead atoms. The molecule has 1 atom stereocenters. The van der Waals surface area contributed by atoms with E-state index in [1.807, 2.05) is 24.3 Å². The highest BCUT2D eigenvalue weighted by Crippen LogP contribution is 2.39. The third-order valence-electron chi connectivity index (χ3n) is 3.10. The molecule has 0 aromatic heterocycles. The number of rotatable bonds is 5. The first kappa shape index (κ1) is 14.6. The fraction of sp³-hybridized carbons (Fsp3) is 0.462. The van der Waals surface area contributed by atoms with Gasteiger partial charge in [0.15, 0.2) is 22.2 Å². The van der Waals surface area contributed by atoms with E-state index in [0.717, 1.165) is 12.3 Å². The van der Waals surface area contributed by atoms with Crippen molar-refractivity contribution in [3.63, 3.8) is 0 Å². The Morgan fingerprint density at radius 3 is 2.68 bits per heavy atom. The van der Waals surface area contributed by atoms with Gasteiger partial charge in [-0.1, -0.05) is 24.9 Å². The average Bonchev–Trinajstić information content (AvgIpc) is 2.79. The lowest BCUT2D eigenvalue weighted by Gasteiger charge is -2.31. The molecule has 1 aliphatic heterocycles. The summed E-state index contributed by atoms with van der Waals surface area (Å²) in [7, 11) is 1.60. The van der Waals surface area contributed by atoms with Gasteiger partial charge in [0.1, 0.15) is 6.61 Å². The molecule has 0 radical (unpaired) electrons. The minimum absolute atomic E-state index is 0.0555. The van der Waals surface area contributed by atoms with Crippen molar-refractivity contribution in [1.29, 1.82) is 0 Å². The molecule has 0 saturated carbocycles. The van der Waals surface area contributed by atoms with Crippen LogP contribution in [0.3, 0.4) is 0 Å². The van der Waals surface area contributed by atoms with E-state index >= 15 is 0 Å². The van der Waals surface area contributed by atoms with Gasteiger partial charge in [0, 0.05) is 12.3 Å². The maximum atomic E-state index is 11.9. The number of benzene rings is 1. The SMILES string of the molecule is COc1ccccc1OCC1(C(C)=O)SCCN1S. The molecule has 1 heterocycles. The van der Waals surface area contributed by atoms with Crippen LogP contribution in [-0.4, -0.2) is 41.0 Å². The Labute approximate surface area is 123 Å². The predicted molar refractivity (Wildman–Crippen MR) is 80.1 cm³/mol. The van der Waals surface area contributed by atoms with Gasteiger partial charge < -0.3 is 9.47 Å². The quantitative estimate of drug-likeness (QED) is 0.844. The van der Waals surface area contributed by atoms with Crippen molar-refractivity contribution in [2.75, 3.05) is 26.0 Å². The Morgan fingerprint density at radius 1 is 1.47 bits per heavy atom. The lowest BCUT2D eigenvalue weighted by Crippen LogP contribution is -2.47. The topological polar surface area (TPSA) is 38.8 Å². The summed E-state index contributed by atoms with van der Waals surface area (Å²) in [6.45, 7) is 2.60. The predicted octanol–water partition coefficient (Wildman–Crippen LogP) is 2.25. The second-order valence-corrected chi connectivity index (χ2v) is 6.11. The number of Topliss-reactive ketones (excluding diaryl/α,β-unsaturated/α-hetero) is 1. The number of ether oxygens (including phenoxy) is 2. The summed E-state index contributed by atoms with van der Waals surface area (Å²) < 4.78 is 12.8. The van der Waals surface area contributed by atoms with Crippen molar-refractivity contribution in [3.8, 4) is 11.5 Å². The molecular formula is C13H17NO3S2. The van der Waals surface area contributed by atoms with Crippen LogP contribution in [0.15, 0.2) is 24.3 Å². The first-order valence-electron chi connectivity index (χ1n) is 5.97. The maximum Gasteiger partial charge on any atom is 0.169 e. The van der Waals surface area contributed by atoms with Crippen molar-refractivity contribution in [2.45, 2.75) is 11.8 Å². The summed E-state index contributed by atoms with van der Waals surface area (Å²) in [6.07, 6.45) is 0. The third-order valence-corrected chi connectivity index (χ3v) is 5.27. The summed E-state index contributed by atoms with van der Waals surface area (Å²) in [4.78, 5) is 11.2. The molecule has 6 heteroatoms. The van der Waals surface area contributed by atoms with E-state index in [1.165, 1.54) is 0 Å². The summed E-state index contributed by atoms with van der Waals surface area (Å²) in [6, 6.07) is 7.41. The molecule has 1 aromatic rings. The summed E-state index contributed by atoms with van der Waals surface area (Å²) in [5.41, 5.74) is 0. The van der Waals surface area contributed by atoms with Gasteiger partial charge in [-0.3, -0.25) is 4.79 Å². The first-order chi connectivity index (χ1) is 9.10. The van der Waals surface area contributed by atoms with Gasteiger partial charge in [0.2, 0.25) is 0 Å². The number of hydrogen-bond donors (Lipinski definition) is 1. The van der Waals surface area contributed by atoms with E-state index in [1.54, 1.807) is 30.1 Å². The van der Waals surface area contributed by atoms with Crippen LogP contribution in [0.4, 0.5) is 0 Å². The molecule has 104 valence electrons. The minimum atomic E-state index is -0.704. The standard InChI is InChI=1S/C13H17NO3S2/c1-10(15)13(14(18)7-8-19-13)9-17-12-6-4-3-5-11(12)16-2/h3-6,18H,7-9H2,1-2H3. The van der Waals surface area contributed by atoms with Gasteiger partial charge in [0.25, 0.3) is 0 Å². The fourth-order valence-electron chi connectivity index (χ4n) is 1.97. The summed E-state index contributed by atoms with van der Waals surface area (Å²) in [5, 5.41) is 0. The number of hydrogen-bond acceptors (Lipinski definition) is 6. The van der Waals surface area contributed by atoms with Crippen molar-refractivity contribution < 1.29 is 14.3 Å². The van der Waals surface area contributed by atoms with E-state index in [-0.39, 0.29) is 12.4 Å². The van der Waals surface area contributed by atoms with Crippen molar-refractivity contribution in [3.05, 3.63) is 24.3 Å². The Balaban J connectivity index is 2.14. The highest BCUT2D eigenvalue weighted by atomic mass is 32.2. The number of carbonyl (C=O) groups is 1. The molecule has 19 heavy (non-hydrogen) atoms. The van der Waals surface area contributed by atoms with Crippen LogP contribution >= 0.6 is 24.6 Å². The van der Waals surface area contributed by atoms with Crippen LogP contribution in [0.5, 0.6) is 11.5 Å². The van der Waals surface area contributed by atoms with E-state index < -0.39 is 4.87 Å². The molecule has 1 fully saturated rings. The summed E-state index contributed by atoms with van der Waals surface area (Å²) in [5.74, 6) is 2.23. The van der Waals surface area contributed by atoms with Gasteiger partial charge in [-0.15, -0.1) is 11.8 Å². The molecule has 0 N–H and O–H groups in total. The van der Waals surface area contributed by atoms with Crippen LogP contribution in [0.25, 0.3) is 0 Å². The molecule has 2 rings (SSSR count). The van der Waals surface area contributed by atoms with E-state index in [2.05, 4.69) is 12.8 Å². The van der Waals surface area contributed by atoms with Crippen LogP contribution in [-0.2, 0) is 4.79 Å². The largest absolute Gasteiger partial charge is 0.493 e. The Hall–Kier alpha value is -0.850. The third kappa shape index (κ3) is 2.85. The Bertz CT molecular complexity index is 469. The van der Waals surface area contributed by atoms with Crippen molar-refractivity contribution in [1.82, 2.24) is 4.31 Å². The van der Waals surface area contributed by atoms with E-state index in [9.17, 15) is 4.79 Å². The highest BCUT2D eigenvalue weighted by molar-refractivity contribution is 8.02. The second kappa shape index (κ2) is 6.07. The minimum Gasteiger partial charge on any atom is -0.493 e. The number of carbonyl (C=O) groups excluding carboxylic acids is 1. The van der Waals surface area contributed by atoms with Crippen LogP contribution < -0.4 is 9.47 Å². The van der Waals surface area contributed by atoms with Gasteiger partial charge in [0.05, 0.1) is 7.11 Å². The zero-order valence-corrected chi connectivity index (χ0v) is 12.7. The molecule has 1 aromatic carbocycles. The second-order valence-electron chi connectivity index (χ2n) is 4.25. The van der Waals surface area contributed by atoms with Crippen LogP contribution in [0.2, 0.25) is 0 Å². The van der Waals surface area contributed by atoms with Crippen LogP contribution in [0.1, 0.15) is 6.92 Å². The number of thioether (sulfide) groups is 1. The molecular weight excluding hydrogens is 282 g/mol. The number of para-hydroxylation sites is 2. The first-order valence-corrected chi connectivity index (χ1v) is 7.36. The van der Waals surface area contributed by atoms with Crippen molar-refractivity contribution in [2.24, 2.45) is 0 Å². The van der Waals surface area contributed by atoms with Crippen LogP contribution in [0, 0.1) is 0 Å². The molecule has 1 unspecified atom stereocenters. The van der Waals surface area contributed by atoms with Gasteiger partial charge >= 0.3 is 0 Å². The molecule has 1 saturated heterocycles. The fourth-order valence-corrected chi connectivity index (χ4v) is 3.78. The Kier molecular flexibility index (Phi) is 4.65. The normalized spacial score (nSPS) is 23.3. The molecule has 1 aliphatic rings. The lowest BCUT2D eigenvalue weighted by atomic mass is 10.2. The maximum absolute atomic E-state index is 11.9. The zero-order chi connectivity index (χ0) is 13.9.